The topological polar surface area (TPSA) is 89.9 Å². The van der Waals surface area contributed by atoms with Gasteiger partial charge in [-0.05, 0) is 88.0 Å². The molecule has 6 nitrogen and oxygen atoms in total. The molecule has 0 aromatic heterocycles. The van der Waals surface area contributed by atoms with E-state index in [2.05, 4.69) is 13.5 Å². The van der Waals surface area contributed by atoms with Crippen LogP contribution in [0.5, 0.6) is 0 Å². The highest BCUT2D eigenvalue weighted by molar-refractivity contribution is 5.87. The Hall–Kier alpha value is -2.11. The van der Waals surface area contributed by atoms with Crippen LogP contribution in [0.4, 0.5) is 0 Å². The van der Waals surface area contributed by atoms with Crippen molar-refractivity contribution in [3.05, 3.63) is 23.8 Å². The molecule has 0 heterocycles. The van der Waals surface area contributed by atoms with Gasteiger partial charge in [0.05, 0.1) is 10.8 Å². The van der Waals surface area contributed by atoms with Gasteiger partial charge >= 0.3 is 17.9 Å². The summed E-state index contributed by atoms with van der Waals surface area (Å²) in [4.78, 5) is 37.7. The Balaban J connectivity index is 1.87. The molecule has 1 N–H and O–H groups in total. The number of aliphatic carboxylic acids is 1. The molecule has 5 aliphatic carbocycles. The van der Waals surface area contributed by atoms with Crippen LogP contribution < -0.4 is 0 Å². The monoisotopic (exact) mass is 458 g/mol. The van der Waals surface area contributed by atoms with Crippen molar-refractivity contribution >= 4 is 17.9 Å². The van der Waals surface area contributed by atoms with Crippen molar-refractivity contribution in [1.82, 2.24) is 0 Å². The molecule has 5 aliphatic rings. The molecule has 0 aromatic rings. The predicted molar refractivity (Wildman–Crippen MR) is 123 cm³/mol. The molecule has 33 heavy (non-hydrogen) atoms. The molecular formula is C27H38O6. The number of carboxylic acids is 1. The van der Waals surface area contributed by atoms with E-state index >= 15 is 0 Å². The van der Waals surface area contributed by atoms with Crippen LogP contribution in [0.1, 0.15) is 79.6 Å². The number of ether oxygens (including phenoxy) is 2. The lowest BCUT2D eigenvalue weighted by Crippen LogP contribution is -2.70. The van der Waals surface area contributed by atoms with Crippen molar-refractivity contribution in [2.45, 2.75) is 91.8 Å². The number of rotatable bonds is 4. The summed E-state index contributed by atoms with van der Waals surface area (Å²) in [6.07, 6.45) is 6.19. The van der Waals surface area contributed by atoms with Crippen molar-refractivity contribution in [3.8, 4) is 0 Å². The smallest absolute Gasteiger partial charge is 0.333 e. The van der Waals surface area contributed by atoms with Crippen LogP contribution in [-0.4, -0.2) is 35.2 Å². The van der Waals surface area contributed by atoms with Gasteiger partial charge in [-0.15, -0.1) is 0 Å². The van der Waals surface area contributed by atoms with E-state index in [1.807, 2.05) is 6.92 Å². The van der Waals surface area contributed by atoms with E-state index in [0.29, 0.717) is 18.4 Å². The van der Waals surface area contributed by atoms with Crippen molar-refractivity contribution in [2.75, 3.05) is 0 Å². The second-order valence-electron chi connectivity index (χ2n) is 11.4. The first-order valence-electron chi connectivity index (χ1n) is 12.3. The molecule has 0 amide bonds. The van der Waals surface area contributed by atoms with Crippen molar-refractivity contribution in [1.29, 1.82) is 0 Å². The van der Waals surface area contributed by atoms with Crippen molar-refractivity contribution in [3.63, 3.8) is 0 Å². The van der Waals surface area contributed by atoms with Gasteiger partial charge in [0.15, 0.2) is 0 Å². The normalized spacial score (nSPS) is 44.5. The summed E-state index contributed by atoms with van der Waals surface area (Å²) in [5.74, 6) is -1.30. The lowest BCUT2D eigenvalue weighted by atomic mass is 9.35. The van der Waals surface area contributed by atoms with Crippen LogP contribution in [-0.2, 0) is 23.9 Å². The van der Waals surface area contributed by atoms with Crippen LogP contribution in [0.2, 0.25) is 0 Å². The largest absolute Gasteiger partial charge is 0.481 e. The summed E-state index contributed by atoms with van der Waals surface area (Å²) in [7, 11) is 0. The summed E-state index contributed by atoms with van der Waals surface area (Å²) < 4.78 is 12.2. The third kappa shape index (κ3) is 3.30. The highest BCUT2D eigenvalue weighted by Gasteiger charge is 2.72. The number of fused-ring (bicyclic) bond motifs is 3. The van der Waals surface area contributed by atoms with Gasteiger partial charge in [0.1, 0.15) is 12.2 Å². The van der Waals surface area contributed by atoms with Crippen LogP contribution in [0.25, 0.3) is 0 Å². The van der Waals surface area contributed by atoms with Crippen molar-refractivity contribution < 1.29 is 29.0 Å². The summed E-state index contributed by atoms with van der Waals surface area (Å²) in [6, 6.07) is 0. The number of hydrogen-bond donors (Lipinski definition) is 1. The second-order valence-corrected chi connectivity index (χ2v) is 11.4. The maximum atomic E-state index is 13.0. The van der Waals surface area contributed by atoms with Gasteiger partial charge in [0, 0.05) is 12.5 Å². The van der Waals surface area contributed by atoms with E-state index in [1.165, 1.54) is 6.92 Å². The van der Waals surface area contributed by atoms with Gasteiger partial charge in [-0.1, -0.05) is 26.0 Å². The fourth-order valence-corrected chi connectivity index (χ4v) is 8.27. The molecule has 5 fully saturated rings. The molecule has 0 aromatic carbocycles. The first-order valence-corrected chi connectivity index (χ1v) is 12.3. The number of carboxylic acid groups (broad SMARTS) is 1. The maximum Gasteiger partial charge on any atom is 0.333 e. The van der Waals surface area contributed by atoms with Gasteiger partial charge in [0.2, 0.25) is 0 Å². The third-order valence-corrected chi connectivity index (χ3v) is 10.0. The zero-order valence-electron chi connectivity index (χ0n) is 20.6. The summed E-state index contributed by atoms with van der Waals surface area (Å²) in [5, 5.41) is 10.3. The van der Waals surface area contributed by atoms with E-state index in [0.717, 1.165) is 37.7 Å². The highest BCUT2D eigenvalue weighted by Crippen LogP contribution is 2.73. The van der Waals surface area contributed by atoms with Gasteiger partial charge in [0.25, 0.3) is 0 Å². The maximum absolute atomic E-state index is 13.0. The number of hydrogen-bond acceptors (Lipinski definition) is 5. The molecule has 1 spiro atoms. The highest BCUT2D eigenvalue weighted by atomic mass is 16.6. The average molecular weight is 459 g/mol. The third-order valence-electron chi connectivity index (χ3n) is 10.0. The van der Waals surface area contributed by atoms with Gasteiger partial charge in [-0.25, -0.2) is 4.79 Å². The lowest BCUT2D eigenvalue weighted by molar-refractivity contribution is -0.260. The predicted octanol–water partition coefficient (Wildman–Crippen LogP) is 5.07. The minimum atomic E-state index is -0.875. The second kappa shape index (κ2) is 7.99. The molecule has 5 saturated carbocycles. The van der Waals surface area contributed by atoms with E-state index < -0.39 is 29.0 Å². The summed E-state index contributed by atoms with van der Waals surface area (Å²) in [6.45, 7) is 13.4. The number of carbonyl (C=O) groups excluding carboxylic acids is 2. The molecule has 0 saturated heterocycles. The average Bonchev–Trinajstić information content (AvgIpc) is 2.76. The van der Waals surface area contributed by atoms with E-state index in [4.69, 9.17) is 9.47 Å². The quantitative estimate of drug-likeness (QED) is 0.359. The molecule has 5 rings (SSSR count). The Morgan fingerprint density at radius 1 is 1.06 bits per heavy atom. The Labute approximate surface area is 196 Å². The van der Waals surface area contributed by atoms with Crippen LogP contribution in [0.15, 0.2) is 23.8 Å². The molecule has 6 heteroatoms. The van der Waals surface area contributed by atoms with E-state index in [9.17, 15) is 19.5 Å². The first kappa shape index (κ1) is 24.0. The molecule has 182 valence electrons. The minimum absolute atomic E-state index is 0.0973. The molecule has 8 atom stereocenters. The van der Waals surface area contributed by atoms with Crippen molar-refractivity contribution in [2.24, 2.45) is 34.0 Å². The first-order chi connectivity index (χ1) is 15.4. The zero-order valence-corrected chi connectivity index (χ0v) is 20.6. The number of carbonyl (C=O) groups is 3. The standard InChI is InChI=1S/C27H38O6/c1-7-15(2)23(29)33-21-14-19-25(5,10-8-11-26(19,6)24(30)31)20-13-18-9-12-27(20,21)22(16(18)3)32-17(4)28/h7,18-22H,3,8-14H2,1-2,4-6H3,(H,30,31)/b15-7-/t18-,19-,20-,21-,22+,25+,26+,27+/m0/s1. The Morgan fingerprint density at radius 3 is 2.36 bits per heavy atom. The number of allylic oxidation sites excluding steroid dienone is 1. The molecule has 0 unspecified atom stereocenters. The molecular weight excluding hydrogens is 420 g/mol. The zero-order chi connectivity index (χ0) is 24.3. The van der Waals surface area contributed by atoms with Gasteiger partial charge in [-0.3, -0.25) is 9.59 Å². The fraction of sp³-hybridized carbons (Fsp3) is 0.741. The number of esters is 2. The van der Waals surface area contributed by atoms with Crippen LogP contribution in [0.3, 0.4) is 0 Å². The minimum Gasteiger partial charge on any atom is -0.481 e. The Kier molecular flexibility index (Phi) is 5.82. The Morgan fingerprint density at radius 2 is 1.76 bits per heavy atom. The van der Waals surface area contributed by atoms with E-state index in [-0.39, 0.29) is 35.1 Å². The SMILES string of the molecule is C=C1[C@H]2CC[C@@]3([C@@H](OC(=O)/C(C)=C\C)C[C@H]4[C@@](C)(CCC[C@@]4(C)C(=O)O)[C@@H]3C2)[C@@H]1OC(C)=O. The Bertz CT molecular complexity index is 920. The fourth-order valence-electron chi connectivity index (χ4n) is 8.27. The molecule has 0 radical (unpaired) electrons. The van der Waals surface area contributed by atoms with Gasteiger partial charge in [-0.2, -0.15) is 0 Å². The van der Waals surface area contributed by atoms with Gasteiger partial charge < -0.3 is 14.6 Å². The summed E-state index contributed by atoms with van der Waals surface area (Å²) in [5.41, 5.74) is -0.228. The summed E-state index contributed by atoms with van der Waals surface area (Å²) >= 11 is 0. The van der Waals surface area contributed by atoms with E-state index in [1.54, 1.807) is 19.9 Å². The molecule has 0 aliphatic heterocycles. The van der Waals surface area contributed by atoms with Crippen LogP contribution in [0, 0.1) is 34.0 Å². The van der Waals surface area contributed by atoms with Crippen LogP contribution >= 0.6 is 0 Å². The lowest BCUT2D eigenvalue weighted by Gasteiger charge is -2.70. The molecule has 2 bridgehead atoms.